The number of rotatable bonds is 2. The van der Waals surface area contributed by atoms with Gasteiger partial charge in [0.15, 0.2) is 0 Å². The van der Waals surface area contributed by atoms with Crippen LogP contribution < -0.4 is 5.73 Å². The average Bonchev–Trinajstić information content (AvgIpc) is 3.04. The van der Waals surface area contributed by atoms with Crippen LogP contribution in [0.4, 0.5) is 0 Å². The topological polar surface area (TPSA) is 43.8 Å². The van der Waals surface area contributed by atoms with Gasteiger partial charge in [0.05, 0.1) is 11.0 Å². The van der Waals surface area contributed by atoms with E-state index in [0.29, 0.717) is 0 Å². The number of imidazole rings is 1. The second-order valence-corrected chi connectivity index (χ2v) is 4.91. The normalized spacial score (nSPS) is 17.9. The molecule has 1 fully saturated rings. The molecular weight excluding hydrogens is 198 g/mol. The Hall–Kier alpha value is -1.35. The number of aromatic nitrogens is 2. The zero-order chi connectivity index (χ0) is 11.3. The molecule has 1 aromatic carbocycles. The SMILES string of the molecule is Cc1nc2cc(C3(CN)CC3)ccc2n1C. The highest BCUT2D eigenvalue weighted by Gasteiger charge is 2.42. The third-order valence-electron chi connectivity index (χ3n) is 3.96. The second-order valence-electron chi connectivity index (χ2n) is 4.91. The van der Waals surface area contributed by atoms with E-state index >= 15 is 0 Å². The Balaban J connectivity index is 2.17. The number of hydrogen-bond acceptors (Lipinski definition) is 2. The van der Waals surface area contributed by atoms with E-state index in [2.05, 4.69) is 34.8 Å². The highest BCUT2D eigenvalue weighted by Crippen LogP contribution is 2.47. The summed E-state index contributed by atoms with van der Waals surface area (Å²) in [6, 6.07) is 6.59. The van der Waals surface area contributed by atoms with Gasteiger partial charge in [-0.1, -0.05) is 6.07 Å². The highest BCUT2D eigenvalue weighted by molar-refractivity contribution is 5.77. The van der Waals surface area contributed by atoms with E-state index in [1.54, 1.807) is 0 Å². The lowest BCUT2D eigenvalue weighted by Crippen LogP contribution is -2.19. The molecule has 2 N–H and O–H groups in total. The van der Waals surface area contributed by atoms with Gasteiger partial charge >= 0.3 is 0 Å². The second kappa shape index (κ2) is 3.08. The average molecular weight is 215 g/mol. The number of nitrogens with zero attached hydrogens (tertiary/aromatic N) is 2. The van der Waals surface area contributed by atoms with Gasteiger partial charge in [0, 0.05) is 19.0 Å². The van der Waals surface area contributed by atoms with E-state index in [1.165, 1.54) is 23.9 Å². The summed E-state index contributed by atoms with van der Waals surface area (Å²) in [5, 5.41) is 0. The molecule has 0 atom stereocenters. The minimum atomic E-state index is 0.264. The van der Waals surface area contributed by atoms with Crippen molar-refractivity contribution in [3.63, 3.8) is 0 Å². The van der Waals surface area contributed by atoms with Crippen LogP contribution in [-0.2, 0) is 12.5 Å². The Morgan fingerprint density at radius 2 is 2.19 bits per heavy atom. The van der Waals surface area contributed by atoms with Crippen molar-refractivity contribution >= 4 is 11.0 Å². The number of aryl methyl sites for hydroxylation is 2. The molecule has 0 bridgehead atoms. The van der Waals surface area contributed by atoms with Crippen LogP contribution in [0.15, 0.2) is 18.2 Å². The Morgan fingerprint density at radius 1 is 1.44 bits per heavy atom. The van der Waals surface area contributed by atoms with Crippen molar-refractivity contribution in [2.75, 3.05) is 6.54 Å². The molecule has 1 heterocycles. The molecule has 16 heavy (non-hydrogen) atoms. The zero-order valence-electron chi connectivity index (χ0n) is 9.83. The summed E-state index contributed by atoms with van der Waals surface area (Å²) in [6.45, 7) is 2.79. The van der Waals surface area contributed by atoms with E-state index in [4.69, 9.17) is 5.73 Å². The fourth-order valence-electron chi connectivity index (χ4n) is 2.41. The smallest absolute Gasteiger partial charge is 0.106 e. The lowest BCUT2D eigenvalue weighted by Gasteiger charge is -2.12. The molecule has 0 saturated heterocycles. The first kappa shape index (κ1) is 9.85. The first-order valence-corrected chi connectivity index (χ1v) is 5.80. The van der Waals surface area contributed by atoms with Crippen molar-refractivity contribution in [3.05, 3.63) is 29.6 Å². The van der Waals surface area contributed by atoms with Gasteiger partial charge in [-0.25, -0.2) is 4.98 Å². The van der Waals surface area contributed by atoms with Gasteiger partial charge in [0.25, 0.3) is 0 Å². The van der Waals surface area contributed by atoms with Crippen molar-refractivity contribution < 1.29 is 0 Å². The molecule has 3 nitrogen and oxygen atoms in total. The van der Waals surface area contributed by atoms with Crippen molar-refractivity contribution in [2.24, 2.45) is 12.8 Å². The molecular formula is C13H17N3. The maximum Gasteiger partial charge on any atom is 0.106 e. The van der Waals surface area contributed by atoms with Crippen LogP contribution in [0, 0.1) is 6.92 Å². The molecule has 3 rings (SSSR count). The van der Waals surface area contributed by atoms with E-state index in [1.807, 2.05) is 6.92 Å². The predicted molar refractivity (Wildman–Crippen MR) is 65.4 cm³/mol. The van der Waals surface area contributed by atoms with E-state index in [0.717, 1.165) is 17.9 Å². The fourth-order valence-corrected chi connectivity index (χ4v) is 2.41. The molecule has 2 aromatic rings. The van der Waals surface area contributed by atoms with Gasteiger partial charge in [-0.2, -0.15) is 0 Å². The zero-order valence-corrected chi connectivity index (χ0v) is 9.83. The maximum atomic E-state index is 5.85. The molecule has 0 unspecified atom stereocenters. The van der Waals surface area contributed by atoms with Crippen LogP contribution in [0.5, 0.6) is 0 Å². The van der Waals surface area contributed by atoms with Crippen LogP contribution >= 0.6 is 0 Å². The van der Waals surface area contributed by atoms with Gasteiger partial charge in [0.2, 0.25) is 0 Å². The minimum Gasteiger partial charge on any atom is -0.331 e. The number of hydrogen-bond donors (Lipinski definition) is 1. The van der Waals surface area contributed by atoms with Crippen LogP contribution in [0.25, 0.3) is 11.0 Å². The maximum absolute atomic E-state index is 5.85. The van der Waals surface area contributed by atoms with Gasteiger partial charge in [0.1, 0.15) is 5.82 Å². The largest absolute Gasteiger partial charge is 0.331 e. The Morgan fingerprint density at radius 3 is 2.81 bits per heavy atom. The number of nitrogens with two attached hydrogens (primary N) is 1. The molecule has 0 aliphatic heterocycles. The number of benzene rings is 1. The fraction of sp³-hybridized carbons (Fsp3) is 0.462. The quantitative estimate of drug-likeness (QED) is 0.831. The van der Waals surface area contributed by atoms with Crippen LogP contribution in [0.3, 0.4) is 0 Å². The van der Waals surface area contributed by atoms with Crippen LogP contribution in [-0.4, -0.2) is 16.1 Å². The van der Waals surface area contributed by atoms with Crippen LogP contribution in [0.2, 0.25) is 0 Å². The molecule has 0 amide bonds. The molecule has 0 spiro atoms. The molecule has 1 aliphatic carbocycles. The van der Waals surface area contributed by atoms with E-state index in [9.17, 15) is 0 Å². The van der Waals surface area contributed by atoms with Gasteiger partial charge in [-0.15, -0.1) is 0 Å². The van der Waals surface area contributed by atoms with Gasteiger partial charge in [-0.05, 0) is 37.5 Å². The van der Waals surface area contributed by atoms with Gasteiger partial charge < -0.3 is 10.3 Å². The lowest BCUT2D eigenvalue weighted by atomic mass is 9.96. The Bertz CT molecular complexity index is 550. The monoisotopic (exact) mass is 215 g/mol. The van der Waals surface area contributed by atoms with Crippen molar-refractivity contribution in [2.45, 2.75) is 25.2 Å². The standard InChI is InChI=1S/C13H17N3/c1-9-15-11-7-10(13(8-14)5-6-13)3-4-12(11)16(9)2/h3-4,7H,5-6,8,14H2,1-2H3. The van der Waals surface area contributed by atoms with E-state index < -0.39 is 0 Å². The molecule has 0 radical (unpaired) electrons. The minimum absolute atomic E-state index is 0.264. The predicted octanol–water partition coefficient (Wildman–Crippen LogP) is 1.87. The molecule has 1 aliphatic rings. The Kier molecular flexibility index (Phi) is 1.89. The van der Waals surface area contributed by atoms with Crippen molar-refractivity contribution in [3.8, 4) is 0 Å². The summed E-state index contributed by atoms with van der Waals surface area (Å²) in [5.41, 5.74) is 9.78. The first-order chi connectivity index (χ1) is 7.66. The summed E-state index contributed by atoms with van der Waals surface area (Å²) in [4.78, 5) is 4.57. The molecule has 84 valence electrons. The summed E-state index contributed by atoms with van der Waals surface area (Å²) in [6.07, 6.45) is 2.45. The lowest BCUT2D eigenvalue weighted by molar-refractivity contribution is 0.705. The molecule has 1 saturated carbocycles. The summed E-state index contributed by atoms with van der Waals surface area (Å²) in [5.74, 6) is 1.06. The summed E-state index contributed by atoms with van der Waals surface area (Å²) >= 11 is 0. The summed E-state index contributed by atoms with van der Waals surface area (Å²) < 4.78 is 2.13. The first-order valence-electron chi connectivity index (χ1n) is 5.80. The van der Waals surface area contributed by atoms with Gasteiger partial charge in [-0.3, -0.25) is 0 Å². The summed E-state index contributed by atoms with van der Waals surface area (Å²) in [7, 11) is 2.06. The van der Waals surface area contributed by atoms with Crippen molar-refractivity contribution in [1.82, 2.24) is 9.55 Å². The third kappa shape index (κ3) is 1.21. The van der Waals surface area contributed by atoms with Crippen LogP contribution in [0.1, 0.15) is 24.2 Å². The van der Waals surface area contributed by atoms with E-state index in [-0.39, 0.29) is 5.41 Å². The molecule has 3 heteroatoms. The third-order valence-corrected chi connectivity index (χ3v) is 3.96. The number of fused-ring (bicyclic) bond motifs is 1. The highest BCUT2D eigenvalue weighted by atomic mass is 15.0. The Labute approximate surface area is 95.3 Å². The van der Waals surface area contributed by atoms with Crippen molar-refractivity contribution in [1.29, 1.82) is 0 Å². The molecule has 1 aromatic heterocycles.